The highest BCUT2D eigenvalue weighted by atomic mass is 35.5. The molecule has 0 saturated heterocycles. The van der Waals surface area contributed by atoms with Crippen LogP contribution in [0.2, 0.25) is 5.02 Å². The molecule has 0 spiro atoms. The van der Waals surface area contributed by atoms with Gasteiger partial charge in [-0.3, -0.25) is 4.79 Å². The maximum absolute atomic E-state index is 12.0. The lowest BCUT2D eigenvalue weighted by atomic mass is 9.68. The van der Waals surface area contributed by atoms with Crippen LogP contribution in [0.25, 0.3) is 0 Å². The Labute approximate surface area is 156 Å². The molecule has 134 valence electrons. The molecule has 24 heavy (non-hydrogen) atoms. The molecule has 1 amide bonds. The Bertz CT molecular complexity index is 566. The van der Waals surface area contributed by atoms with Crippen molar-refractivity contribution in [3.8, 4) is 0 Å². The normalized spacial score (nSPS) is 26.5. The Morgan fingerprint density at radius 3 is 2.46 bits per heavy atom. The Morgan fingerprint density at radius 2 is 1.96 bits per heavy atom. The quantitative estimate of drug-likeness (QED) is 0.845. The van der Waals surface area contributed by atoms with Gasteiger partial charge in [0.15, 0.2) is 0 Å². The van der Waals surface area contributed by atoms with Crippen LogP contribution in [-0.2, 0) is 10.2 Å². The molecule has 0 radical (unpaired) electrons. The molecule has 0 atom stereocenters. The zero-order valence-corrected chi connectivity index (χ0v) is 15.9. The zero-order valence-electron chi connectivity index (χ0n) is 14.3. The minimum absolute atomic E-state index is 0. The summed E-state index contributed by atoms with van der Waals surface area (Å²) >= 11 is 6.17. The van der Waals surface area contributed by atoms with Crippen LogP contribution in [0.3, 0.4) is 0 Å². The molecule has 3 rings (SSSR count). The Kier molecular flexibility index (Phi) is 6.58. The number of rotatable bonds is 5. The van der Waals surface area contributed by atoms with Gasteiger partial charge >= 0.3 is 0 Å². The van der Waals surface area contributed by atoms with E-state index in [-0.39, 0.29) is 23.7 Å². The monoisotopic (exact) mass is 370 g/mol. The van der Waals surface area contributed by atoms with E-state index in [0.29, 0.717) is 12.6 Å². The number of halogens is 2. The van der Waals surface area contributed by atoms with Gasteiger partial charge in [-0.15, -0.1) is 12.4 Å². The fraction of sp³-hybridized carbons (Fsp3) is 0.632. The summed E-state index contributed by atoms with van der Waals surface area (Å²) in [6.07, 6.45) is 6.70. The number of hydrogen-bond acceptors (Lipinski definition) is 2. The molecule has 5 heteroatoms. The first-order chi connectivity index (χ1) is 11.0. The number of nitrogens with two attached hydrogens (primary N) is 1. The molecule has 0 bridgehead atoms. The van der Waals surface area contributed by atoms with Crippen LogP contribution in [0, 0.1) is 5.92 Å². The topological polar surface area (TPSA) is 46.3 Å². The van der Waals surface area contributed by atoms with Gasteiger partial charge in [-0.25, -0.2) is 0 Å². The van der Waals surface area contributed by atoms with Gasteiger partial charge in [-0.1, -0.05) is 23.7 Å². The van der Waals surface area contributed by atoms with Gasteiger partial charge in [-0.05, 0) is 62.1 Å². The third-order valence-electron chi connectivity index (χ3n) is 5.74. The van der Waals surface area contributed by atoms with Crippen molar-refractivity contribution in [1.29, 1.82) is 0 Å². The fourth-order valence-electron chi connectivity index (χ4n) is 4.01. The molecule has 3 nitrogen and oxygen atoms in total. The first-order valence-electron chi connectivity index (χ1n) is 8.77. The second kappa shape index (κ2) is 8.07. The van der Waals surface area contributed by atoms with Crippen molar-refractivity contribution in [2.75, 3.05) is 13.1 Å². The van der Waals surface area contributed by atoms with E-state index < -0.39 is 0 Å². The zero-order chi connectivity index (χ0) is 16.4. The van der Waals surface area contributed by atoms with Crippen LogP contribution in [0.1, 0.15) is 51.0 Å². The van der Waals surface area contributed by atoms with Crippen molar-refractivity contribution in [3.05, 3.63) is 34.9 Å². The maximum Gasteiger partial charge on any atom is 0.219 e. The molecule has 2 aliphatic carbocycles. The summed E-state index contributed by atoms with van der Waals surface area (Å²) in [6, 6.07) is 8.50. The second-order valence-electron chi connectivity index (χ2n) is 7.34. The van der Waals surface area contributed by atoms with E-state index in [1.807, 2.05) is 12.1 Å². The molecule has 2 saturated carbocycles. The molecule has 2 aliphatic rings. The van der Waals surface area contributed by atoms with Crippen molar-refractivity contribution in [1.82, 2.24) is 4.90 Å². The first kappa shape index (κ1) is 19.6. The minimum Gasteiger partial charge on any atom is -0.340 e. The lowest BCUT2D eigenvalue weighted by Crippen LogP contribution is -2.47. The number of amides is 1. The van der Waals surface area contributed by atoms with E-state index in [2.05, 4.69) is 17.0 Å². The Morgan fingerprint density at radius 1 is 1.29 bits per heavy atom. The van der Waals surface area contributed by atoms with E-state index in [4.69, 9.17) is 17.3 Å². The van der Waals surface area contributed by atoms with Crippen LogP contribution in [-0.4, -0.2) is 29.9 Å². The lowest BCUT2D eigenvalue weighted by Gasteiger charge is -2.43. The van der Waals surface area contributed by atoms with Crippen LogP contribution in [0.5, 0.6) is 0 Å². The predicted octanol–water partition coefficient (Wildman–Crippen LogP) is 4.16. The van der Waals surface area contributed by atoms with Gasteiger partial charge in [0.05, 0.1) is 0 Å². The van der Waals surface area contributed by atoms with Crippen molar-refractivity contribution < 1.29 is 4.79 Å². The Balaban J connectivity index is 0.00000208. The number of carbonyl (C=O) groups excluding carboxylic acids is 1. The van der Waals surface area contributed by atoms with Crippen molar-refractivity contribution in [2.24, 2.45) is 11.7 Å². The number of nitrogens with zero attached hydrogens (tertiary/aromatic N) is 1. The fourth-order valence-corrected chi connectivity index (χ4v) is 4.20. The molecule has 1 aromatic carbocycles. The summed E-state index contributed by atoms with van der Waals surface area (Å²) in [6.45, 7) is 3.31. The van der Waals surface area contributed by atoms with E-state index in [1.165, 1.54) is 18.4 Å². The van der Waals surface area contributed by atoms with Gasteiger partial charge in [0.2, 0.25) is 5.91 Å². The largest absolute Gasteiger partial charge is 0.340 e. The van der Waals surface area contributed by atoms with E-state index >= 15 is 0 Å². The van der Waals surface area contributed by atoms with Gasteiger partial charge in [0.1, 0.15) is 0 Å². The summed E-state index contributed by atoms with van der Waals surface area (Å²) in [5, 5.41) is 0.775. The molecule has 2 N–H and O–H groups in total. The number of carbonyl (C=O) groups is 1. The third-order valence-corrected chi connectivity index (χ3v) is 5.97. The van der Waals surface area contributed by atoms with Crippen LogP contribution >= 0.6 is 24.0 Å². The highest BCUT2D eigenvalue weighted by molar-refractivity contribution is 6.30. The SMILES string of the molecule is CC(=O)N(CC1CC1)[C@H]1CC[C@](CN)(c2cccc(Cl)c2)CC1.Cl. The van der Waals surface area contributed by atoms with Crippen molar-refractivity contribution >= 4 is 29.9 Å². The summed E-state index contributed by atoms with van der Waals surface area (Å²) in [4.78, 5) is 14.2. The van der Waals surface area contributed by atoms with Crippen LogP contribution in [0.4, 0.5) is 0 Å². The first-order valence-corrected chi connectivity index (χ1v) is 9.15. The molecular weight excluding hydrogens is 343 g/mol. The average molecular weight is 371 g/mol. The van der Waals surface area contributed by atoms with E-state index in [9.17, 15) is 4.79 Å². The molecule has 0 aromatic heterocycles. The standard InChI is InChI=1S/C19H27ClN2O.ClH/c1-14(23)22(12-15-5-6-15)18-7-9-19(13-21,10-8-18)16-3-2-4-17(20)11-16;/h2-4,11,15,18H,5-10,12-13,21H2,1H3;1H/t18-,19-;. The predicted molar refractivity (Wildman–Crippen MR) is 102 cm³/mol. The second-order valence-corrected chi connectivity index (χ2v) is 7.78. The smallest absolute Gasteiger partial charge is 0.219 e. The molecule has 2 fully saturated rings. The van der Waals surface area contributed by atoms with Crippen molar-refractivity contribution in [3.63, 3.8) is 0 Å². The summed E-state index contributed by atoms with van der Waals surface area (Å²) < 4.78 is 0. The summed E-state index contributed by atoms with van der Waals surface area (Å²) in [5.41, 5.74) is 7.44. The number of hydrogen-bond donors (Lipinski definition) is 1. The highest BCUT2D eigenvalue weighted by Gasteiger charge is 2.39. The van der Waals surface area contributed by atoms with Crippen LogP contribution < -0.4 is 5.73 Å². The summed E-state index contributed by atoms with van der Waals surface area (Å²) in [7, 11) is 0. The molecule has 1 aromatic rings. The molecule has 0 heterocycles. The maximum atomic E-state index is 12.0. The molecule has 0 aliphatic heterocycles. The highest BCUT2D eigenvalue weighted by Crippen LogP contribution is 2.41. The van der Waals surface area contributed by atoms with Gasteiger partial charge in [0, 0.05) is 36.5 Å². The van der Waals surface area contributed by atoms with Crippen LogP contribution in [0.15, 0.2) is 24.3 Å². The average Bonchev–Trinajstić information content (AvgIpc) is 3.37. The van der Waals surface area contributed by atoms with Gasteiger partial charge in [0.25, 0.3) is 0 Å². The minimum atomic E-state index is 0. The number of benzene rings is 1. The van der Waals surface area contributed by atoms with E-state index in [0.717, 1.165) is 43.2 Å². The van der Waals surface area contributed by atoms with Crippen molar-refractivity contribution in [2.45, 2.75) is 56.9 Å². The van der Waals surface area contributed by atoms with Gasteiger partial charge < -0.3 is 10.6 Å². The third kappa shape index (κ3) is 4.25. The van der Waals surface area contributed by atoms with E-state index in [1.54, 1.807) is 6.92 Å². The molecular formula is C19H28Cl2N2O. The lowest BCUT2D eigenvalue weighted by molar-refractivity contribution is -0.132. The molecule has 0 unspecified atom stereocenters. The van der Waals surface area contributed by atoms with Gasteiger partial charge in [-0.2, -0.15) is 0 Å². The summed E-state index contributed by atoms with van der Waals surface area (Å²) in [5.74, 6) is 0.970. The Hall–Kier alpha value is -0.770.